The monoisotopic (exact) mass is 594 g/mol. The first kappa shape index (κ1) is 30.2. The molecule has 0 aromatic heterocycles. The number of benzene rings is 3. The number of halogens is 1. The predicted octanol–water partition coefficient (Wildman–Crippen LogP) is 4.65. The molecule has 0 aliphatic heterocycles. The van der Waals surface area contributed by atoms with E-state index in [0.29, 0.717) is 35.4 Å². The van der Waals surface area contributed by atoms with Gasteiger partial charge in [-0.15, -0.1) is 0 Å². The van der Waals surface area contributed by atoms with Crippen molar-refractivity contribution >= 4 is 39.6 Å². The van der Waals surface area contributed by atoms with Crippen molar-refractivity contribution in [3.8, 4) is 0 Å². The van der Waals surface area contributed by atoms with E-state index in [1.807, 2.05) is 49.1 Å². The van der Waals surface area contributed by atoms with E-state index in [-0.39, 0.29) is 11.5 Å². The number of rotatable bonds is 11. The highest BCUT2D eigenvalue weighted by atomic mass is 79.9. The molecule has 2 unspecified atom stereocenters. The Morgan fingerprint density at radius 2 is 1.59 bits per heavy atom. The number of amides is 2. The Labute approximate surface area is 237 Å². The largest absolute Gasteiger partial charge is 0.392 e. The lowest BCUT2D eigenvalue weighted by Crippen LogP contribution is -2.35. The van der Waals surface area contributed by atoms with E-state index in [9.17, 15) is 19.8 Å². The Morgan fingerprint density at radius 3 is 2.21 bits per heavy atom. The number of hydrogen-bond donors (Lipinski definition) is 4. The minimum Gasteiger partial charge on any atom is -0.392 e. The van der Waals surface area contributed by atoms with E-state index in [4.69, 9.17) is 0 Å². The average Bonchev–Trinajstić information content (AvgIpc) is 2.86. The Balaban J connectivity index is 1.68. The van der Waals surface area contributed by atoms with Crippen LogP contribution < -0.4 is 10.7 Å². The van der Waals surface area contributed by atoms with Crippen molar-refractivity contribution in [2.75, 3.05) is 18.4 Å². The number of nitrogens with zero attached hydrogens (tertiary/aromatic N) is 2. The zero-order chi connectivity index (χ0) is 28.5. The number of carbonyl (C=O) groups is 2. The van der Waals surface area contributed by atoms with Gasteiger partial charge in [0.2, 0.25) is 0 Å². The highest BCUT2D eigenvalue weighted by Gasteiger charge is 2.16. The molecule has 3 rings (SSSR count). The maximum absolute atomic E-state index is 13.0. The van der Waals surface area contributed by atoms with Gasteiger partial charge in [-0.2, -0.15) is 5.10 Å². The maximum atomic E-state index is 13.0. The van der Waals surface area contributed by atoms with E-state index in [2.05, 4.69) is 31.8 Å². The third-order valence-electron chi connectivity index (χ3n) is 6.05. The number of anilines is 1. The normalized spacial score (nSPS) is 12.9. The van der Waals surface area contributed by atoms with Crippen LogP contribution >= 0.6 is 15.9 Å². The number of carbonyl (C=O) groups excluding carboxylic acids is 2. The third-order valence-corrected chi connectivity index (χ3v) is 6.55. The molecule has 0 aliphatic carbocycles. The quantitative estimate of drug-likeness (QED) is 0.191. The number of hydrazone groups is 1. The Hall–Kier alpha value is -3.37. The molecule has 0 fully saturated rings. The van der Waals surface area contributed by atoms with Crippen molar-refractivity contribution in [3.63, 3.8) is 0 Å². The van der Waals surface area contributed by atoms with Crippen LogP contribution in [0.4, 0.5) is 5.69 Å². The molecule has 8 nitrogen and oxygen atoms in total. The zero-order valence-corrected chi connectivity index (χ0v) is 24.2. The fraction of sp³-hybridized carbons (Fsp3) is 0.300. The van der Waals surface area contributed by atoms with Crippen LogP contribution in [0, 0.1) is 13.8 Å². The first-order valence-electron chi connectivity index (χ1n) is 12.7. The minimum atomic E-state index is -0.524. The number of aliphatic hydroxyl groups excluding tert-OH is 2. The number of aliphatic hydroxyl groups is 2. The second-order valence-electron chi connectivity index (χ2n) is 9.78. The number of hydrogen-bond acceptors (Lipinski definition) is 6. The molecule has 206 valence electrons. The lowest BCUT2D eigenvalue weighted by molar-refractivity contribution is 0.0794. The second kappa shape index (κ2) is 14.1. The summed E-state index contributed by atoms with van der Waals surface area (Å²) in [4.78, 5) is 27.9. The van der Waals surface area contributed by atoms with Gasteiger partial charge in [-0.1, -0.05) is 46.3 Å². The average molecular weight is 596 g/mol. The Bertz CT molecular complexity index is 1310. The van der Waals surface area contributed by atoms with Crippen molar-refractivity contribution in [1.29, 1.82) is 0 Å². The standard InChI is InChI=1S/C30H35BrN4O4/c1-19-5-6-24(13-20(19)2)15-32-34-30(39)27-14-26(31)11-12-28(27)33-29(38)25-9-7-23(8-10-25)18-35(16-21(3)36)17-22(4)37/h5-15,21-22,36-37H,16-18H2,1-4H3,(H,33,38)(H,34,39). The van der Waals surface area contributed by atoms with Gasteiger partial charge in [-0.05, 0) is 80.3 Å². The third kappa shape index (κ3) is 9.40. The first-order valence-corrected chi connectivity index (χ1v) is 13.5. The van der Waals surface area contributed by atoms with E-state index in [0.717, 1.165) is 16.7 Å². The van der Waals surface area contributed by atoms with Gasteiger partial charge in [0.05, 0.1) is 29.7 Å². The molecule has 9 heteroatoms. The SMILES string of the molecule is Cc1ccc(C=NNC(=O)c2cc(Br)ccc2NC(=O)c2ccc(CN(CC(C)O)CC(C)O)cc2)cc1C. The minimum absolute atomic E-state index is 0.262. The van der Waals surface area contributed by atoms with Gasteiger partial charge >= 0.3 is 0 Å². The number of nitrogens with one attached hydrogen (secondary N) is 2. The predicted molar refractivity (Wildman–Crippen MR) is 158 cm³/mol. The van der Waals surface area contributed by atoms with Gasteiger partial charge in [-0.25, -0.2) is 5.43 Å². The fourth-order valence-corrected chi connectivity index (χ4v) is 4.41. The first-order chi connectivity index (χ1) is 18.5. The smallest absolute Gasteiger partial charge is 0.273 e. The van der Waals surface area contributed by atoms with Crippen LogP contribution in [0.2, 0.25) is 0 Å². The molecule has 2 atom stereocenters. The molecule has 0 saturated heterocycles. The summed E-state index contributed by atoms with van der Waals surface area (Å²) in [6.45, 7) is 8.83. The van der Waals surface area contributed by atoms with Crippen molar-refractivity contribution in [2.45, 2.75) is 46.4 Å². The van der Waals surface area contributed by atoms with E-state index in [1.54, 1.807) is 50.4 Å². The lowest BCUT2D eigenvalue weighted by atomic mass is 10.1. The molecule has 0 saturated carbocycles. The molecule has 3 aromatic carbocycles. The summed E-state index contributed by atoms with van der Waals surface area (Å²) in [5.41, 5.74) is 7.69. The van der Waals surface area contributed by atoms with Gasteiger partial charge in [0.25, 0.3) is 11.8 Å². The highest BCUT2D eigenvalue weighted by Crippen LogP contribution is 2.22. The van der Waals surface area contributed by atoms with Crippen LogP contribution in [0.3, 0.4) is 0 Å². The van der Waals surface area contributed by atoms with Crippen LogP contribution in [-0.4, -0.2) is 58.4 Å². The van der Waals surface area contributed by atoms with Crippen LogP contribution in [0.15, 0.2) is 70.2 Å². The molecular formula is C30H35BrN4O4. The van der Waals surface area contributed by atoms with Crippen LogP contribution in [0.1, 0.15) is 56.8 Å². The molecular weight excluding hydrogens is 560 g/mol. The van der Waals surface area contributed by atoms with Crippen LogP contribution in [-0.2, 0) is 6.54 Å². The van der Waals surface area contributed by atoms with Gasteiger partial charge in [0.1, 0.15) is 0 Å². The van der Waals surface area contributed by atoms with Crippen LogP contribution in [0.25, 0.3) is 0 Å². The van der Waals surface area contributed by atoms with Gasteiger partial charge in [0.15, 0.2) is 0 Å². The lowest BCUT2D eigenvalue weighted by Gasteiger charge is -2.25. The highest BCUT2D eigenvalue weighted by molar-refractivity contribution is 9.10. The van der Waals surface area contributed by atoms with Gasteiger partial charge in [0, 0.05) is 29.7 Å². The van der Waals surface area contributed by atoms with E-state index in [1.165, 1.54) is 5.56 Å². The molecule has 39 heavy (non-hydrogen) atoms. The van der Waals surface area contributed by atoms with E-state index < -0.39 is 18.1 Å². The summed E-state index contributed by atoms with van der Waals surface area (Å²) in [7, 11) is 0. The van der Waals surface area contributed by atoms with Crippen molar-refractivity contribution in [2.24, 2.45) is 5.10 Å². The Kier molecular flexibility index (Phi) is 10.9. The fourth-order valence-electron chi connectivity index (χ4n) is 4.05. The Morgan fingerprint density at radius 1 is 0.923 bits per heavy atom. The molecule has 0 heterocycles. The molecule has 0 radical (unpaired) electrons. The summed E-state index contributed by atoms with van der Waals surface area (Å²) in [6, 6.07) is 18.0. The summed E-state index contributed by atoms with van der Waals surface area (Å²) in [5, 5.41) is 26.4. The number of aryl methyl sites for hydroxylation is 2. The summed E-state index contributed by atoms with van der Waals surface area (Å²) in [6.07, 6.45) is 0.526. The molecule has 0 bridgehead atoms. The van der Waals surface area contributed by atoms with Crippen molar-refractivity contribution < 1.29 is 19.8 Å². The molecule has 0 aliphatic rings. The van der Waals surface area contributed by atoms with E-state index >= 15 is 0 Å². The van der Waals surface area contributed by atoms with Gasteiger partial charge in [-0.3, -0.25) is 14.5 Å². The molecule has 4 N–H and O–H groups in total. The summed E-state index contributed by atoms with van der Waals surface area (Å²) >= 11 is 3.39. The second-order valence-corrected chi connectivity index (χ2v) is 10.7. The molecule has 3 aromatic rings. The summed E-state index contributed by atoms with van der Waals surface area (Å²) < 4.78 is 0.687. The molecule has 2 amide bonds. The van der Waals surface area contributed by atoms with Crippen molar-refractivity contribution in [3.05, 3.63) is 98.5 Å². The topological polar surface area (TPSA) is 114 Å². The summed E-state index contributed by atoms with van der Waals surface area (Å²) in [5.74, 6) is -0.820. The maximum Gasteiger partial charge on any atom is 0.273 e. The van der Waals surface area contributed by atoms with Gasteiger partial charge < -0.3 is 15.5 Å². The van der Waals surface area contributed by atoms with Crippen molar-refractivity contribution in [1.82, 2.24) is 10.3 Å². The van der Waals surface area contributed by atoms with Crippen LogP contribution in [0.5, 0.6) is 0 Å². The zero-order valence-electron chi connectivity index (χ0n) is 22.6. The molecule has 0 spiro atoms.